The van der Waals surface area contributed by atoms with Gasteiger partial charge in [0.15, 0.2) is 0 Å². The Morgan fingerprint density at radius 2 is 2.11 bits per heavy atom. The minimum absolute atomic E-state index is 0.0132. The van der Waals surface area contributed by atoms with Crippen LogP contribution < -0.4 is 10.6 Å². The highest BCUT2D eigenvalue weighted by molar-refractivity contribution is 6.01. The van der Waals surface area contributed by atoms with Gasteiger partial charge in [-0.1, -0.05) is 13.8 Å². The van der Waals surface area contributed by atoms with Crippen molar-refractivity contribution in [3.05, 3.63) is 29.3 Å². The Morgan fingerprint density at radius 3 is 2.79 bits per heavy atom. The number of carbonyl (C=O) groups excluding carboxylic acids is 2. The van der Waals surface area contributed by atoms with E-state index in [2.05, 4.69) is 24.5 Å². The highest BCUT2D eigenvalue weighted by Gasteiger charge is 2.19. The predicted octanol–water partition coefficient (Wildman–Crippen LogP) is 2.35. The molecule has 0 spiro atoms. The predicted molar refractivity (Wildman–Crippen MR) is 75.2 cm³/mol. The van der Waals surface area contributed by atoms with Gasteiger partial charge in [-0.3, -0.25) is 9.59 Å². The van der Waals surface area contributed by atoms with Gasteiger partial charge >= 0.3 is 0 Å². The Labute approximate surface area is 113 Å². The highest BCUT2D eigenvalue weighted by atomic mass is 16.2. The number of fused-ring (bicyclic) bond motifs is 1. The van der Waals surface area contributed by atoms with E-state index in [0.717, 1.165) is 17.7 Å². The molecule has 4 heteroatoms. The molecule has 1 atom stereocenters. The smallest absolute Gasteiger partial charge is 0.251 e. The largest absolute Gasteiger partial charge is 0.350 e. The molecule has 19 heavy (non-hydrogen) atoms. The van der Waals surface area contributed by atoms with Crippen LogP contribution in [-0.2, 0) is 11.2 Å². The summed E-state index contributed by atoms with van der Waals surface area (Å²) in [5.74, 6) is 0.466. The molecule has 2 amide bonds. The van der Waals surface area contributed by atoms with Crippen molar-refractivity contribution in [2.45, 2.75) is 39.7 Å². The van der Waals surface area contributed by atoms with Crippen molar-refractivity contribution in [3.63, 3.8) is 0 Å². The number of benzene rings is 1. The zero-order valence-electron chi connectivity index (χ0n) is 11.6. The quantitative estimate of drug-likeness (QED) is 0.873. The lowest BCUT2D eigenvalue weighted by molar-refractivity contribution is -0.115. The van der Waals surface area contributed by atoms with Crippen molar-refractivity contribution < 1.29 is 9.59 Å². The molecule has 1 heterocycles. The number of anilines is 1. The third kappa shape index (κ3) is 3.34. The minimum Gasteiger partial charge on any atom is -0.350 e. The standard InChI is InChI=1S/C15H20N2O2/c1-9(2)6-10(3)16-15(19)11-4-5-13-12(7-11)8-14(18)17-13/h4-5,7,9-10H,6,8H2,1-3H3,(H,16,19)(H,17,18). The molecule has 0 bridgehead atoms. The normalized spacial score (nSPS) is 15.1. The molecule has 1 aromatic carbocycles. The van der Waals surface area contributed by atoms with Gasteiger partial charge in [0, 0.05) is 17.3 Å². The average Bonchev–Trinajstić information content (AvgIpc) is 2.66. The second-order valence-corrected chi connectivity index (χ2v) is 5.60. The molecule has 1 aromatic rings. The van der Waals surface area contributed by atoms with E-state index in [4.69, 9.17) is 0 Å². The number of hydrogen-bond acceptors (Lipinski definition) is 2. The van der Waals surface area contributed by atoms with Gasteiger partial charge in [0.1, 0.15) is 0 Å². The summed E-state index contributed by atoms with van der Waals surface area (Å²) in [4.78, 5) is 23.4. The second-order valence-electron chi connectivity index (χ2n) is 5.60. The molecule has 1 aliphatic rings. The number of hydrogen-bond donors (Lipinski definition) is 2. The maximum atomic E-state index is 12.1. The fourth-order valence-electron chi connectivity index (χ4n) is 2.44. The summed E-state index contributed by atoms with van der Waals surface area (Å²) in [6.07, 6.45) is 1.31. The van der Waals surface area contributed by atoms with E-state index in [-0.39, 0.29) is 17.9 Å². The van der Waals surface area contributed by atoms with Crippen LogP contribution in [0, 0.1) is 5.92 Å². The first kappa shape index (κ1) is 13.6. The van der Waals surface area contributed by atoms with Crippen LogP contribution in [0.2, 0.25) is 0 Å². The van der Waals surface area contributed by atoms with E-state index in [9.17, 15) is 9.59 Å². The molecule has 4 nitrogen and oxygen atoms in total. The average molecular weight is 260 g/mol. The Balaban J connectivity index is 2.04. The molecule has 0 saturated carbocycles. The van der Waals surface area contributed by atoms with Gasteiger partial charge in [0.05, 0.1) is 6.42 Å². The summed E-state index contributed by atoms with van der Waals surface area (Å²) in [6.45, 7) is 6.28. The van der Waals surface area contributed by atoms with Crippen molar-refractivity contribution in [2.24, 2.45) is 5.92 Å². The molecule has 0 saturated heterocycles. The zero-order chi connectivity index (χ0) is 14.0. The van der Waals surface area contributed by atoms with Gasteiger partial charge in [-0.2, -0.15) is 0 Å². The molecule has 0 fully saturated rings. The first-order valence-electron chi connectivity index (χ1n) is 6.69. The molecule has 0 aromatic heterocycles. The number of nitrogens with one attached hydrogen (secondary N) is 2. The summed E-state index contributed by atoms with van der Waals surface area (Å²) in [6, 6.07) is 5.50. The lowest BCUT2D eigenvalue weighted by atomic mass is 10.0. The number of carbonyl (C=O) groups is 2. The van der Waals surface area contributed by atoms with Crippen molar-refractivity contribution in [1.29, 1.82) is 0 Å². The van der Waals surface area contributed by atoms with Crippen LogP contribution in [0.1, 0.15) is 43.1 Å². The fourth-order valence-corrected chi connectivity index (χ4v) is 2.44. The van der Waals surface area contributed by atoms with Gasteiger partial charge in [-0.05, 0) is 43.0 Å². The Bertz CT molecular complexity index is 509. The lowest BCUT2D eigenvalue weighted by Crippen LogP contribution is -2.33. The monoisotopic (exact) mass is 260 g/mol. The summed E-state index contributed by atoms with van der Waals surface area (Å²) in [7, 11) is 0. The molecular weight excluding hydrogens is 240 g/mol. The van der Waals surface area contributed by atoms with Crippen LogP contribution in [-0.4, -0.2) is 17.9 Å². The van der Waals surface area contributed by atoms with Crippen LogP contribution in [0.4, 0.5) is 5.69 Å². The summed E-state index contributed by atoms with van der Waals surface area (Å²) in [5.41, 5.74) is 2.33. The maximum absolute atomic E-state index is 12.1. The minimum atomic E-state index is -0.0738. The van der Waals surface area contributed by atoms with Crippen LogP contribution in [0.3, 0.4) is 0 Å². The lowest BCUT2D eigenvalue weighted by Gasteiger charge is -2.16. The molecule has 1 aliphatic heterocycles. The van der Waals surface area contributed by atoms with E-state index in [1.807, 2.05) is 6.92 Å². The van der Waals surface area contributed by atoms with E-state index in [1.165, 1.54) is 0 Å². The van der Waals surface area contributed by atoms with Crippen molar-refractivity contribution in [2.75, 3.05) is 5.32 Å². The topological polar surface area (TPSA) is 58.2 Å². The molecule has 0 aliphatic carbocycles. The van der Waals surface area contributed by atoms with Gasteiger partial charge in [0.25, 0.3) is 5.91 Å². The van der Waals surface area contributed by atoms with E-state index in [1.54, 1.807) is 18.2 Å². The Hall–Kier alpha value is -1.84. The van der Waals surface area contributed by atoms with Crippen molar-refractivity contribution >= 4 is 17.5 Å². The summed E-state index contributed by atoms with van der Waals surface area (Å²) >= 11 is 0. The van der Waals surface area contributed by atoms with Crippen LogP contribution >= 0.6 is 0 Å². The number of rotatable bonds is 4. The molecular formula is C15H20N2O2. The van der Waals surface area contributed by atoms with E-state index >= 15 is 0 Å². The van der Waals surface area contributed by atoms with Crippen LogP contribution in [0.25, 0.3) is 0 Å². The molecule has 102 valence electrons. The maximum Gasteiger partial charge on any atom is 0.251 e. The molecule has 1 unspecified atom stereocenters. The van der Waals surface area contributed by atoms with E-state index in [0.29, 0.717) is 17.9 Å². The SMILES string of the molecule is CC(C)CC(C)NC(=O)c1ccc2c(c1)CC(=O)N2. The van der Waals surface area contributed by atoms with Crippen LogP contribution in [0.5, 0.6) is 0 Å². The fraction of sp³-hybridized carbons (Fsp3) is 0.467. The Morgan fingerprint density at radius 1 is 1.37 bits per heavy atom. The zero-order valence-corrected chi connectivity index (χ0v) is 11.6. The van der Waals surface area contributed by atoms with Gasteiger partial charge in [0.2, 0.25) is 5.91 Å². The highest BCUT2D eigenvalue weighted by Crippen LogP contribution is 2.23. The van der Waals surface area contributed by atoms with E-state index < -0.39 is 0 Å². The van der Waals surface area contributed by atoms with Crippen LogP contribution in [0.15, 0.2) is 18.2 Å². The molecule has 2 N–H and O–H groups in total. The van der Waals surface area contributed by atoms with Crippen molar-refractivity contribution in [3.8, 4) is 0 Å². The summed E-state index contributed by atoms with van der Waals surface area (Å²) < 4.78 is 0. The van der Waals surface area contributed by atoms with Gasteiger partial charge in [-0.15, -0.1) is 0 Å². The van der Waals surface area contributed by atoms with Crippen molar-refractivity contribution in [1.82, 2.24) is 5.32 Å². The van der Waals surface area contributed by atoms with Gasteiger partial charge in [-0.25, -0.2) is 0 Å². The summed E-state index contributed by atoms with van der Waals surface area (Å²) in [5, 5.41) is 5.75. The molecule has 0 radical (unpaired) electrons. The number of amides is 2. The molecule has 2 rings (SSSR count). The first-order chi connectivity index (χ1) is 8.95. The second kappa shape index (κ2) is 5.43. The third-order valence-electron chi connectivity index (χ3n) is 3.19. The third-order valence-corrected chi connectivity index (χ3v) is 3.19. The Kier molecular flexibility index (Phi) is 3.88. The first-order valence-corrected chi connectivity index (χ1v) is 6.69. The van der Waals surface area contributed by atoms with Gasteiger partial charge < -0.3 is 10.6 Å².